The summed E-state index contributed by atoms with van der Waals surface area (Å²) in [7, 11) is 0. The summed E-state index contributed by atoms with van der Waals surface area (Å²) in [6.07, 6.45) is 2.57. The van der Waals surface area contributed by atoms with Gasteiger partial charge in [-0.25, -0.2) is 0 Å². The molecule has 0 fully saturated rings. The van der Waals surface area contributed by atoms with Crippen LogP contribution in [0.15, 0.2) is 48.5 Å². The molecule has 6 nitrogen and oxygen atoms in total. The molecule has 0 aliphatic rings. The van der Waals surface area contributed by atoms with E-state index in [-0.39, 0.29) is 11.8 Å². The van der Waals surface area contributed by atoms with E-state index < -0.39 is 0 Å². The van der Waals surface area contributed by atoms with Crippen molar-refractivity contribution in [3.05, 3.63) is 59.7 Å². The van der Waals surface area contributed by atoms with Gasteiger partial charge < -0.3 is 20.1 Å². The van der Waals surface area contributed by atoms with Crippen LogP contribution in [0, 0.1) is 11.8 Å². The van der Waals surface area contributed by atoms with Crippen LogP contribution in [0.4, 0.5) is 0 Å². The topological polar surface area (TPSA) is 76.7 Å². The van der Waals surface area contributed by atoms with Gasteiger partial charge in [-0.2, -0.15) is 0 Å². The first-order valence-electron chi connectivity index (χ1n) is 11.9. The van der Waals surface area contributed by atoms with Gasteiger partial charge >= 0.3 is 0 Å². The highest BCUT2D eigenvalue weighted by Gasteiger charge is 2.09. The van der Waals surface area contributed by atoms with E-state index in [0.29, 0.717) is 67.2 Å². The van der Waals surface area contributed by atoms with Crippen LogP contribution in [0.3, 0.4) is 0 Å². The van der Waals surface area contributed by atoms with Gasteiger partial charge in [-0.15, -0.1) is 0 Å². The van der Waals surface area contributed by atoms with Gasteiger partial charge in [-0.3, -0.25) is 9.59 Å². The maximum atomic E-state index is 12.4. The maximum absolute atomic E-state index is 12.4. The summed E-state index contributed by atoms with van der Waals surface area (Å²) in [5.41, 5.74) is 1.13. The number of carbonyl (C=O) groups excluding carboxylic acids is 2. The Hall–Kier alpha value is -3.02. The highest BCUT2D eigenvalue weighted by Crippen LogP contribution is 2.15. The lowest BCUT2D eigenvalue weighted by Crippen LogP contribution is -2.29. The number of benzene rings is 2. The summed E-state index contributed by atoms with van der Waals surface area (Å²) < 4.78 is 11.4. The second-order valence-electron chi connectivity index (χ2n) is 8.98. The second kappa shape index (κ2) is 14.2. The van der Waals surface area contributed by atoms with E-state index in [9.17, 15) is 9.59 Å². The number of ether oxygens (including phenoxy) is 2. The molecule has 0 saturated heterocycles. The minimum absolute atomic E-state index is 0.151. The molecule has 0 spiro atoms. The monoisotopic (exact) mass is 454 g/mol. The molecule has 33 heavy (non-hydrogen) atoms. The van der Waals surface area contributed by atoms with Crippen molar-refractivity contribution in [2.24, 2.45) is 11.8 Å². The van der Waals surface area contributed by atoms with E-state index in [0.717, 1.165) is 12.8 Å². The van der Waals surface area contributed by atoms with Crippen LogP contribution in [0.25, 0.3) is 0 Å². The molecule has 2 aromatic carbocycles. The first kappa shape index (κ1) is 26.2. The number of hydrogen-bond acceptors (Lipinski definition) is 4. The van der Waals surface area contributed by atoms with Crippen LogP contribution in [0.2, 0.25) is 0 Å². The molecule has 0 atom stereocenters. The lowest BCUT2D eigenvalue weighted by atomic mass is 10.1. The van der Waals surface area contributed by atoms with Crippen molar-refractivity contribution < 1.29 is 19.1 Å². The van der Waals surface area contributed by atoms with Crippen molar-refractivity contribution in [1.29, 1.82) is 0 Å². The van der Waals surface area contributed by atoms with Gasteiger partial charge in [-0.05, 0) is 67.5 Å². The molecule has 0 aliphatic carbocycles. The largest absolute Gasteiger partial charge is 0.494 e. The fourth-order valence-electron chi connectivity index (χ4n) is 2.98. The predicted molar refractivity (Wildman–Crippen MR) is 132 cm³/mol. The van der Waals surface area contributed by atoms with Crippen molar-refractivity contribution in [2.45, 2.75) is 47.0 Å². The molecule has 0 aliphatic heterocycles. The van der Waals surface area contributed by atoms with E-state index >= 15 is 0 Å². The summed E-state index contributed by atoms with van der Waals surface area (Å²) in [4.78, 5) is 24.8. The minimum Gasteiger partial charge on any atom is -0.494 e. The average Bonchev–Trinajstić information content (AvgIpc) is 2.78. The summed E-state index contributed by atoms with van der Waals surface area (Å²) in [5.74, 6) is 2.24. The predicted octanol–water partition coefficient (Wildman–Crippen LogP) is 5.09. The quantitative estimate of drug-likeness (QED) is 0.390. The van der Waals surface area contributed by atoms with Crippen molar-refractivity contribution in [2.75, 3.05) is 26.3 Å². The molecule has 0 bridgehead atoms. The molecule has 180 valence electrons. The van der Waals surface area contributed by atoms with E-state index in [2.05, 4.69) is 38.3 Å². The summed E-state index contributed by atoms with van der Waals surface area (Å²) in [6, 6.07) is 14.4. The zero-order valence-corrected chi connectivity index (χ0v) is 20.4. The third kappa shape index (κ3) is 10.4. The van der Waals surface area contributed by atoms with Crippen LogP contribution >= 0.6 is 0 Å². The Kier molecular flexibility index (Phi) is 11.3. The fourth-order valence-corrected chi connectivity index (χ4v) is 2.98. The molecule has 0 saturated carbocycles. The Bertz CT molecular complexity index is 808. The van der Waals surface area contributed by atoms with Crippen molar-refractivity contribution in [3.8, 4) is 11.5 Å². The van der Waals surface area contributed by atoms with Crippen LogP contribution in [-0.4, -0.2) is 38.1 Å². The molecule has 0 unspecified atom stereocenters. The lowest BCUT2D eigenvalue weighted by molar-refractivity contribution is 0.0951. The van der Waals surface area contributed by atoms with Crippen molar-refractivity contribution in [1.82, 2.24) is 10.6 Å². The summed E-state index contributed by atoms with van der Waals surface area (Å²) in [6.45, 7) is 10.8. The van der Waals surface area contributed by atoms with Gasteiger partial charge in [0.15, 0.2) is 0 Å². The summed E-state index contributed by atoms with van der Waals surface area (Å²) in [5, 5.41) is 5.78. The molecule has 2 rings (SSSR count). The molecule has 0 radical (unpaired) electrons. The number of nitrogens with one attached hydrogen (secondary N) is 2. The smallest absolute Gasteiger partial charge is 0.251 e. The molecule has 2 N–H and O–H groups in total. The molecule has 2 aromatic rings. The first-order valence-corrected chi connectivity index (χ1v) is 11.9. The van der Waals surface area contributed by atoms with E-state index in [1.54, 1.807) is 24.3 Å². The Morgan fingerprint density at radius 2 is 1.15 bits per heavy atom. The first-order chi connectivity index (χ1) is 15.8. The zero-order chi connectivity index (χ0) is 24.1. The summed E-state index contributed by atoms with van der Waals surface area (Å²) >= 11 is 0. The molecular formula is C27H38N2O4. The van der Waals surface area contributed by atoms with Crippen molar-refractivity contribution in [3.63, 3.8) is 0 Å². The van der Waals surface area contributed by atoms with Crippen LogP contribution < -0.4 is 20.1 Å². The van der Waals surface area contributed by atoms with E-state index in [4.69, 9.17) is 9.47 Å². The third-order valence-electron chi connectivity index (χ3n) is 5.04. The second-order valence-corrected chi connectivity index (χ2v) is 8.98. The number of hydrogen-bond donors (Lipinski definition) is 2. The van der Waals surface area contributed by atoms with Gasteiger partial charge in [0.25, 0.3) is 11.8 Å². The number of rotatable bonds is 14. The molecule has 0 aromatic heterocycles. The van der Waals surface area contributed by atoms with E-state index in [1.807, 2.05) is 24.3 Å². The molecule has 0 heterocycles. The SMILES string of the molecule is CC(C)CCOc1cccc(C(=O)NCCCNC(=O)c2cccc(OCCC(C)C)c2)c1. The standard InChI is InChI=1S/C27H38N2O4/c1-20(2)12-16-32-24-10-5-8-22(18-24)26(30)28-14-7-15-29-27(31)23-9-6-11-25(19-23)33-17-13-21(3)4/h5-6,8-11,18-21H,7,12-17H2,1-4H3,(H,28,30)(H,29,31). The Labute approximate surface area is 198 Å². The van der Waals surface area contributed by atoms with Gasteiger partial charge in [0.2, 0.25) is 0 Å². The van der Waals surface area contributed by atoms with Crippen molar-refractivity contribution >= 4 is 11.8 Å². The average molecular weight is 455 g/mol. The molecule has 6 heteroatoms. The molecular weight excluding hydrogens is 416 g/mol. The maximum Gasteiger partial charge on any atom is 0.251 e. The Balaban J connectivity index is 1.69. The van der Waals surface area contributed by atoms with Crippen LogP contribution in [0.1, 0.15) is 67.7 Å². The Morgan fingerprint density at radius 1 is 0.727 bits per heavy atom. The highest BCUT2D eigenvalue weighted by molar-refractivity contribution is 5.95. The number of amides is 2. The van der Waals surface area contributed by atoms with Crippen LogP contribution in [-0.2, 0) is 0 Å². The fraction of sp³-hybridized carbons (Fsp3) is 0.481. The van der Waals surface area contributed by atoms with Crippen LogP contribution in [0.5, 0.6) is 11.5 Å². The third-order valence-corrected chi connectivity index (χ3v) is 5.04. The van der Waals surface area contributed by atoms with Gasteiger partial charge in [0, 0.05) is 24.2 Å². The van der Waals surface area contributed by atoms with E-state index in [1.165, 1.54) is 0 Å². The zero-order valence-electron chi connectivity index (χ0n) is 20.4. The van der Waals surface area contributed by atoms with Gasteiger partial charge in [0.05, 0.1) is 13.2 Å². The Morgan fingerprint density at radius 3 is 1.55 bits per heavy atom. The normalized spacial score (nSPS) is 10.8. The minimum atomic E-state index is -0.151. The van der Waals surface area contributed by atoms with Gasteiger partial charge in [-0.1, -0.05) is 39.8 Å². The molecule has 2 amide bonds. The van der Waals surface area contributed by atoms with Gasteiger partial charge in [0.1, 0.15) is 11.5 Å². The highest BCUT2D eigenvalue weighted by atomic mass is 16.5. The lowest BCUT2D eigenvalue weighted by Gasteiger charge is -2.11. The number of carbonyl (C=O) groups is 2.